The number of likely N-dealkylation sites (N-methyl/N-ethyl adjacent to an activating group) is 1. The first-order valence-corrected chi connectivity index (χ1v) is 7.31. The lowest BCUT2D eigenvalue weighted by Gasteiger charge is -2.20. The fourth-order valence-corrected chi connectivity index (χ4v) is 2.56. The number of hydrogen-bond acceptors (Lipinski definition) is 3. The van der Waals surface area contributed by atoms with E-state index in [9.17, 15) is 0 Å². The molecule has 0 aliphatic rings. The van der Waals surface area contributed by atoms with Crippen molar-refractivity contribution < 1.29 is 0 Å². The predicted molar refractivity (Wildman–Crippen MR) is 81.7 cm³/mol. The van der Waals surface area contributed by atoms with Crippen molar-refractivity contribution >= 4 is 0 Å². The Hall–Kier alpha value is -1.68. The highest BCUT2D eigenvalue weighted by atomic mass is 15.3. The van der Waals surface area contributed by atoms with Crippen LogP contribution < -0.4 is 5.32 Å². The average molecular weight is 272 g/mol. The van der Waals surface area contributed by atoms with E-state index in [1.807, 2.05) is 24.1 Å². The van der Waals surface area contributed by atoms with Crippen LogP contribution in [0, 0.1) is 6.92 Å². The van der Waals surface area contributed by atoms with Crippen molar-refractivity contribution in [2.24, 2.45) is 7.05 Å². The van der Waals surface area contributed by atoms with Crippen LogP contribution >= 0.6 is 0 Å². The van der Waals surface area contributed by atoms with Gasteiger partial charge in [-0.2, -0.15) is 5.10 Å². The van der Waals surface area contributed by atoms with Crippen molar-refractivity contribution in [3.05, 3.63) is 47.0 Å². The third-order valence-electron chi connectivity index (χ3n) is 3.69. The van der Waals surface area contributed by atoms with E-state index in [4.69, 9.17) is 0 Å². The maximum atomic E-state index is 4.53. The minimum atomic E-state index is 0.308. The van der Waals surface area contributed by atoms with Crippen LogP contribution in [0.2, 0.25) is 0 Å². The Morgan fingerprint density at radius 1 is 1.35 bits per heavy atom. The Morgan fingerprint density at radius 3 is 2.75 bits per heavy atom. The van der Waals surface area contributed by atoms with E-state index >= 15 is 0 Å². The van der Waals surface area contributed by atoms with Crippen LogP contribution in [0.3, 0.4) is 0 Å². The summed E-state index contributed by atoms with van der Waals surface area (Å²) < 4.78 is 2.00. The second kappa shape index (κ2) is 6.66. The molecule has 0 bridgehead atoms. The van der Waals surface area contributed by atoms with Crippen LogP contribution in [-0.4, -0.2) is 21.3 Å². The molecular formula is C16H24N4. The molecule has 0 aliphatic heterocycles. The minimum Gasteiger partial charge on any atom is -0.310 e. The van der Waals surface area contributed by atoms with E-state index in [-0.39, 0.29) is 0 Å². The number of rotatable bonds is 6. The summed E-state index contributed by atoms with van der Waals surface area (Å²) >= 11 is 0. The monoisotopic (exact) mass is 272 g/mol. The summed E-state index contributed by atoms with van der Waals surface area (Å²) in [5.74, 6) is 0. The minimum absolute atomic E-state index is 0.308. The van der Waals surface area contributed by atoms with Crippen LogP contribution in [0.5, 0.6) is 0 Å². The molecule has 1 unspecified atom stereocenters. The van der Waals surface area contributed by atoms with Gasteiger partial charge in [0, 0.05) is 37.6 Å². The first kappa shape index (κ1) is 14.7. The van der Waals surface area contributed by atoms with Gasteiger partial charge in [0.25, 0.3) is 0 Å². The molecule has 0 saturated carbocycles. The van der Waals surface area contributed by atoms with Gasteiger partial charge in [-0.15, -0.1) is 0 Å². The predicted octanol–water partition coefficient (Wildman–Crippen LogP) is 2.58. The Morgan fingerprint density at radius 2 is 2.15 bits per heavy atom. The molecule has 0 spiro atoms. The van der Waals surface area contributed by atoms with Gasteiger partial charge in [-0.25, -0.2) is 0 Å². The molecule has 2 heterocycles. The molecule has 0 aliphatic carbocycles. The van der Waals surface area contributed by atoms with Crippen molar-refractivity contribution in [3.8, 4) is 0 Å². The standard InChI is InChI=1S/C16H24N4/c1-5-13-9-14(20(4)19-13)10-16(18-6-2)15-7-8-17-11-12(15)3/h7-9,11,16,18H,5-6,10H2,1-4H3. The first-order valence-electron chi connectivity index (χ1n) is 7.31. The molecule has 0 amide bonds. The second-order valence-electron chi connectivity index (χ2n) is 5.15. The summed E-state index contributed by atoms with van der Waals surface area (Å²) in [4.78, 5) is 4.18. The summed E-state index contributed by atoms with van der Waals surface area (Å²) in [6.07, 6.45) is 5.73. The Kier molecular flexibility index (Phi) is 4.90. The molecule has 0 radical (unpaired) electrons. The van der Waals surface area contributed by atoms with Crippen molar-refractivity contribution in [1.29, 1.82) is 0 Å². The van der Waals surface area contributed by atoms with Gasteiger partial charge in [0.15, 0.2) is 0 Å². The molecule has 0 fully saturated rings. The molecule has 4 nitrogen and oxygen atoms in total. The topological polar surface area (TPSA) is 42.7 Å². The molecule has 0 saturated heterocycles. The van der Waals surface area contributed by atoms with E-state index < -0.39 is 0 Å². The molecule has 1 N–H and O–H groups in total. The second-order valence-corrected chi connectivity index (χ2v) is 5.15. The fourth-order valence-electron chi connectivity index (χ4n) is 2.56. The van der Waals surface area contributed by atoms with Crippen LogP contribution in [0.25, 0.3) is 0 Å². The SMILES string of the molecule is CCNC(Cc1cc(CC)nn1C)c1ccncc1C. The zero-order valence-electron chi connectivity index (χ0n) is 12.8. The van der Waals surface area contributed by atoms with E-state index in [0.29, 0.717) is 6.04 Å². The van der Waals surface area contributed by atoms with E-state index in [0.717, 1.165) is 25.1 Å². The molecule has 1 atom stereocenters. The highest BCUT2D eigenvalue weighted by Gasteiger charge is 2.16. The van der Waals surface area contributed by atoms with Crippen molar-refractivity contribution in [1.82, 2.24) is 20.1 Å². The van der Waals surface area contributed by atoms with Crippen molar-refractivity contribution in [2.45, 2.75) is 39.7 Å². The Balaban J connectivity index is 2.25. The molecular weight excluding hydrogens is 248 g/mol. The lowest BCUT2D eigenvalue weighted by atomic mass is 9.99. The van der Waals surface area contributed by atoms with Gasteiger partial charge in [-0.3, -0.25) is 9.67 Å². The van der Waals surface area contributed by atoms with Gasteiger partial charge in [0.1, 0.15) is 0 Å². The van der Waals surface area contributed by atoms with E-state index in [2.05, 4.69) is 48.3 Å². The van der Waals surface area contributed by atoms with Gasteiger partial charge in [0.2, 0.25) is 0 Å². The van der Waals surface area contributed by atoms with Gasteiger partial charge in [-0.05, 0) is 43.1 Å². The maximum absolute atomic E-state index is 4.53. The molecule has 20 heavy (non-hydrogen) atoms. The van der Waals surface area contributed by atoms with Crippen LogP contribution in [0.4, 0.5) is 0 Å². The molecule has 2 aromatic heterocycles. The largest absolute Gasteiger partial charge is 0.310 e. The highest BCUT2D eigenvalue weighted by molar-refractivity contribution is 5.27. The summed E-state index contributed by atoms with van der Waals surface area (Å²) in [6.45, 7) is 7.35. The summed E-state index contributed by atoms with van der Waals surface area (Å²) in [5.41, 5.74) is 4.98. The van der Waals surface area contributed by atoms with Gasteiger partial charge >= 0.3 is 0 Å². The summed E-state index contributed by atoms with van der Waals surface area (Å²) in [7, 11) is 2.02. The first-order chi connectivity index (χ1) is 9.65. The Bertz CT molecular complexity index is 559. The quantitative estimate of drug-likeness (QED) is 0.879. The molecule has 108 valence electrons. The average Bonchev–Trinajstić information content (AvgIpc) is 2.80. The maximum Gasteiger partial charge on any atom is 0.0624 e. The zero-order valence-corrected chi connectivity index (χ0v) is 12.8. The number of pyridine rings is 1. The lowest BCUT2D eigenvalue weighted by Crippen LogP contribution is -2.24. The van der Waals surface area contributed by atoms with Crippen LogP contribution in [0.15, 0.2) is 24.5 Å². The van der Waals surface area contributed by atoms with E-state index in [1.54, 1.807) is 0 Å². The molecule has 2 aromatic rings. The third-order valence-corrected chi connectivity index (χ3v) is 3.69. The third kappa shape index (κ3) is 3.25. The van der Waals surface area contributed by atoms with Crippen LogP contribution in [0.1, 0.15) is 42.4 Å². The van der Waals surface area contributed by atoms with Crippen molar-refractivity contribution in [3.63, 3.8) is 0 Å². The highest BCUT2D eigenvalue weighted by Crippen LogP contribution is 2.21. The van der Waals surface area contributed by atoms with Gasteiger partial charge < -0.3 is 5.32 Å². The normalized spacial score (nSPS) is 12.6. The van der Waals surface area contributed by atoms with E-state index in [1.165, 1.54) is 16.8 Å². The van der Waals surface area contributed by atoms with Gasteiger partial charge in [0.05, 0.1) is 5.69 Å². The number of aromatic nitrogens is 3. The van der Waals surface area contributed by atoms with Crippen molar-refractivity contribution in [2.75, 3.05) is 6.54 Å². The van der Waals surface area contributed by atoms with Gasteiger partial charge in [-0.1, -0.05) is 13.8 Å². The van der Waals surface area contributed by atoms with Crippen LogP contribution in [-0.2, 0) is 19.9 Å². The number of nitrogens with zero attached hydrogens (tertiary/aromatic N) is 3. The number of nitrogens with one attached hydrogen (secondary N) is 1. The molecule has 2 rings (SSSR count). The molecule has 4 heteroatoms. The Labute approximate surface area is 121 Å². The lowest BCUT2D eigenvalue weighted by molar-refractivity contribution is 0.526. The molecule has 0 aromatic carbocycles. The fraction of sp³-hybridized carbons (Fsp3) is 0.500. The number of aryl methyl sites for hydroxylation is 3. The smallest absolute Gasteiger partial charge is 0.0624 e. The summed E-state index contributed by atoms with van der Waals surface area (Å²) in [6, 6.07) is 4.63. The number of hydrogen-bond donors (Lipinski definition) is 1. The zero-order chi connectivity index (χ0) is 14.5. The summed E-state index contributed by atoms with van der Waals surface area (Å²) in [5, 5.41) is 8.11.